The van der Waals surface area contributed by atoms with Gasteiger partial charge in [0.25, 0.3) is 5.88 Å². The number of nitrogens with one attached hydrogen (secondary N) is 1. The fraction of sp³-hybridized carbons (Fsp3) is 0.429. The molecule has 3 fully saturated rings. The first kappa shape index (κ1) is 43.1. The van der Waals surface area contributed by atoms with Crippen molar-refractivity contribution in [3.05, 3.63) is 95.8 Å². The van der Waals surface area contributed by atoms with Crippen LogP contribution in [0, 0.1) is 34.4 Å². The Bertz CT molecular complexity index is 2800. The Morgan fingerprint density at radius 3 is 2.55 bits per heavy atom. The van der Waals surface area contributed by atoms with Crippen molar-refractivity contribution in [2.45, 2.75) is 108 Å². The van der Waals surface area contributed by atoms with Crippen LogP contribution in [0.2, 0.25) is 0 Å². The summed E-state index contributed by atoms with van der Waals surface area (Å²) in [6, 6.07) is 19.6. The summed E-state index contributed by atoms with van der Waals surface area (Å²) in [5.41, 5.74) is 1.59. The second kappa shape index (κ2) is 17.4. The van der Waals surface area contributed by atoms with Crippen molar-refractivity contribution in [1.29, 1.82) is 5.26 Å². The number of carbonyl (C=O) groups excluding carboxylic acids is 3. The molecule has 1 N–H and O–H groups in total. The molecule has 64 heavy (non-hydrogen) atoms. The molecular weight excluding hydrogens is 838 g/mol. The third kappa shape index (κ3) is 8.98. The van der Waals surface area contributed by atoms with Gasteiger partial charge in [0.1, 0.15) is 28.8 Å². The molecule has 15 heteroatoms. The lowest BCUT2D eigenvalue weighted by Crippen LogP contribution is -2.46. The Morgan fingerprint density at radius 2 is 1.81 bits per heavy atom. The summed E-state index contributed by atoms with van der Waals surface area (Å²) < 4.78 is 61.8. The largest absolute Gasteiger partial charge is 0.491 e. The Kier molecular flexibility index (Phi) is 11.8. The number of ketones is 1. The standard InChI is InChI=1S/C49H50FN5O8S/c1-29(2)61-36-17-14-32(15-18-36)45-52-43-39-23-35(50)16-21-42(39)63-44(43)46(53-45)62-37-24-40-41(56)26-49(48(58)54-64(59,60)38-19-20-38)25-34(49)9-7-5-3-4-6-8-33(47(57)55(40)28-37)22-30-10-12-31(27-51)13-11-30/h7,9-18,21,23,29,33-34,37-38,40H,3-6,8,19-20,22,24-26,28H2,1-2H3,(H,54,58)/b9-7-/t33-,34-,37-,40+,49-/m1/s1. The average Bonchev–Trinajstić information content (AvgIpc) is 4.18. The lowest BCUT2D eigenvalue weighted by Gasteiger charge is -2.29. The maximum absolute atomic E-state index is 15.0. The molecule has 2 amide bonds. The topological polar surface area (TPSA) is 182 Å². The second-order valence-corrected chi connectivity index (χ2v) is 20.0. The molecule has 4 heterocycles. The Morgan fingerprint density at radius 1 is 1.03 bits per heavy atom. The van der Waals surface area contributed by atoms with Crippen LogP contribution in [0.15, 0.2) is 83.3 Å². The first-order valence-corrected chi connectivity index (χ1v) is 23.7. The molecule has 5 atom stereocenters. The van der Waals surface area contributed by atoms with Crippen LogP contribution in [0.1, 0.15) is 89.2 Å². The number of sulfonamides is 1. The van der Waals surface area contributed by atoms with Crippen LogP contribution >= 0.6 is 0 Å². The SMILES string of the molecule is CC(C)Oc1ccc(-c2nc(O[C@@H]3C[C@H]4C(=O)C[C@]5(C(=O)NS(=O)(=O)C6CC6)C[C@H]5/C=C\CCCCC[C@H](Cc5ccc(C#N)cc5)C(=O)N4C3)c3oc4ccc(F)cc4c3n2)cc1. The van der Waals surface area contributed by atoms with Crippen LogP contribution in [-0.4, -0.2) is 70.9 Å². The minimum absolute atomic E-state index is 0.00855. The Labute approximate surface area is 371 Å². The predicted molar refractivity (Wildman–Crippen MR) is 236 cm³/mol. The smallest absolute Gasteiger partial charge is 0.262 e. The number of hydrogen-bond acceptors (Lipinski definition) is 11. The van der Waals surface area contributed by atoms with Gasteiger partial charge in [0.15, 0.2) is 11.6 Å². The van der Waals surface area contributed by atoms with Gasteiger partial charge < -0.3 is 18.8 Å². The number of benzene rings is 3. The van der Waals surface area contributed by atoms with E-state index in [-0.39, 0.29) is 60.4 Å². The molecule has 0 spiro atoms. The number of fused-ring (bicyclic) bond motifs is 5. The van der Waals surface area contributed by atoms with Crippen LogP contribution in [-0.2, 0) is 30.8 Å². The number of aromatic nitrogens is 2. The highest BCUT2D eigenvalue weighted by Crippen LogP contribution is 2.57. The van der Waals surface area contributed by atoms with Gasteiger partial charge in [-0.1, -0.05) is 37.1 Å². The first-order valence-electron chi connectivity index (χ1n) is 22.2. The zero-order chi connectivity index (χ0) is 44.8. The van der Waals surface area contributed by atoms with Crippen LogP contribution < -0.4 is 14.2 Å². The van der Waals surface area contributed by atoms with Crippen LogP contribution in [0.5, 0.6) is 11.6 Å². The zero-order valence-electron chi connectivity index (χ0n) is 35.8. The molecule has 0 unspecified atom stereocenters. The summed E-state index contributed by atoms with van der Waals surface area (Å²) in [4.78, 5) is 55.0. The van der Waals surface area contributed by atoms with Gasteiger partial charge in [0, 0.05) is 29.7 Å². The van der Waals surface area contributed by atoms with Gasteiger partial charge in [-0.3, -0.25) is 19.1 Å². The van der Waals surface area contributed by atoms with E-state index in [1.54, 1.807) is 29.2 Å². The van der Waals surface area contributed by atoms with Gasteiger partial charge in [-0.15, -0.1) is 0 Å². The fourth-order valence-electron chi connectivity index (χ4n) is 9.23. The number of rotatable bonds is 10. The zero-order valence-corrected chi connectivity index (χ0v) is 36.6. The number of nitrogens with zero attached hydrogens (tertiary/aromatic N) is 4. The number of carbonyl (C=O) groups is 3. The molecule has 2 aliphatic heterocycles. The lowest BCUT2D eigenvalue weighted by molar-refractivity contribution is -0.142. The van der Waals surface area contributed by atoms with E-state index in [9.17, 15) is 27.7 Å². The van der Waals surface area contributed by atoms with Crippen molar-refractivity contribution >= 4 is 49.7 Å². The van der Waals surface area contributed by atoms with Crippen LogP contribution in [0.3, 0.4) is 0 Å². The average molecular weight is 888 g/mol. The van der Waals surface area contributed by atoms with Crippen molar-refractivity contribution in [2.75, 3.05) is 6.54 Å². The molecule has 3 aromatic carbocycles. The quantitative estimate of drug-likeness (QED) is 0.134. The van der Waals surface area contributed by atoms with Crippen molar-refractivity contribution in [1.82, 2.24) is 19.6 Å². The number of amides is 2. The molecule has 2 saturated carbocycles. The summed E-state index contributed by atoms with van der Waals surface area (Å²) in [7, 11) is -3.89. The summed E-state index contributed by atoms with van der Waals surface area (Å²) in [6.07, 6.45) is 8.37. The van der Waals surface area contributed by atoms with E-state index in [2.05, 4.69) is 10.8 Å². The molecule has 5 aromatic rings. The van der Waals surface area contributed by atoms with Crippen molar-refractivity contribution < 1.29 is 41.1 Å². The van der Waals surface area contributed by atoms with Crippen LogP contribution in [0.4, 0.5) is 4.39 Å². The lowest BCUT2D eigenvalue weighted by atomic mass is 9.90. The van der Waals surface area contributed by atoms with Gasteiger partial charge in [0.2, 0.25) is 27.4 Å². The monoisotopic (exact) mass is 887 g/mol. The molecule has 13 nitrogen and oxygen atoms in total. The van der Waals surface area contributed by atoms with E-state index in [0.717, 1.165) is 31.2 Å². The fourth-order valence-corrected chi connectivity index (χ4v) is 10.6. The Balaban J connectivity index is 1.07. The number of ether oxygens (including phenoxy) is 2. The second-order valence-electron chi connectivity index (χ2n) is 18.0. The Hall–Kier alpha value is -6.14. The highest BCUT2D eigenvalue weighted by atomic mass is 32.2. The highest BCUT2D eigenvalue weighted by molar-refractivity contribution is 7.90. The van der Waals surface area contributed by atoms with E-state index in [1.807, 2.05) is 50.3 Å². The number of hydrogen-bond donors (Lipinski definition) is 1. The molecule has 0 bridgehead atoms. The number of halogens is 1. The molecule has 4 aliphatic rings. The van der Waals surface area contributed by atoms with E-state index < -0.39 is 50.5 Å². The molecule has 9 rings (SSSR count). The minimum atomic E-state index is -3.89. The molecule has 1 saturated heterocycles. The molecular formula is C49H50FN5O8S. The number of allylic oxidation sites excluding steroid dienone is 2. The third-order valence-electron chi connectivity index (χ3n) is 12.9. The highest BCUT2D eigenvalue weighted by Gasteiger charge is 2.61. The normalized spacial score (nSPS) is 24.6. The van der Waals surface area contributed by atoms with Crippen molar-refractivity contribution in [3.63, 3.8) is 0 Å². The van der Waals surface area contributed by atoms with Gasteiger partial charge in [-0.2, -0.15) is 10.2 Å². The maximum atomic E-state index is 15.0. The van der Waals surface area contributed by atoms with E-state index in [4.69, 9.17) is 23.9 Å². The van der Waals surface area contributed by atoms with Gasteiger partial charge in [0.05, 0.1) is 41.0 Å². The summed E-state index contributed by atoms with van der Waals surface area (Å²) in [6.45, 7) is 3.87. The van der Waals surface area contributed by atoms with Gasteiger partial charge in [-0.25, -0.2) is 17.8 Å². The summed E-state index contributed by atoms with van der Waals surface area (Å²) >= 11 is 0. The first-order chi connectivity index (χ1) is 30.8. The van der Waals surface area contributed by atoms with E-state index in [1.165, 1.54) is 18.2 Å². The number of furan rings is 1. The van der Waals surface area contributed by atoms with Gasteiger partial charge in [-0.05, 0) is 125 Å². The number of nitriles is 1. The van der Waals surface area contributed by atoms with Crippen LogP contribution in [0.25, 0.3) is 33.5 Å². The van der Waals surface area contributed by atoms with E-state index in [0.29, 0.717) is 65.5 Å². The summed E-state index contributed by atoms with van der Waals surface area (Å²) in [5.74, 6) is -1.63. The third-order valence-corrected chi connectivity index (χ3v) is 14.7. The van der Waals surface area contributed by atoms with Crippen molar-refractivity contribution in [3.8, 4) is 29.1 Å². The molecule has 2 aromatic heterocycles. The van der Waals surface area contributed by atoms with E-state index >= 15 is 4.79 Å². The predicted octanol–water partition coefficient (Wildman–Crippen LogP) is 8.14. The minimum Gasteiger partial charge on any atom is -0.491 e. The maximum Gasteiger partial charge on any atom is 0.262 e. The number of Topliss-reactive ketones (excluding diaryl/α,β-unsaturated/α-hetero) is 1. The molecule has 0 radical (unpaired) electrons. The summed E-state index contributed by atoms with van der Waals surface area (Å²) in [5, 5.41) is 9.21. The molecule has 332 valence electrons. The van der Waals surface area contributed by atoms with Crippen molar-refractivity contribution in [2.24, 2.45) is 17.3 Å². The van der Waals surface area contributed by atoms with Gasteiger partial charge >= 0.3 is 0 Å². The molecule has 2 aliphatic carbocycles.